The van der Waals surface area contributed by atoms with E-state index in [4.69, 9.17) is 18.6 Å². The molecule has 0 saturated carbocycles. The molecule has 0 saturated heterocycles. The predicted molar refractivity (Wildman–Crippen MR) is 126 cm³/mol. The molecule has 0 atom stereocenters. The van der Waals surface area contributed by atoms with Gasteiger partial charge in [0.15, 0.2) is 11.5 Å². The first-order valence-electron chi connectivity index (χ1n) is 9.63. The van der Waals surface area contributed by atoms with Crippen LogP contribution in [-0.4, -0.2) is 32.0 Å². The number of anilines is 1. The number of hydrazone groups is 1. The fraction of sp³-hybridized carbons (Fsp3) is 0.174. The Bertz CT molecular complexity index is 1330. The molecule has 0 spiro atoms. The fourth-order valence-electron chi connectivity index (χ4n) is 3.18. The third kappa shape index (κ3) is 4.15. The summed E-state index contributed by atoms with van der Waals surface area (Å²) in [5, 5.41) is 7.57. The van der Waals surface area contributed by atoms with Gasteiger partial charge in [0, 0.05) is 16.3 Å². The van der Waals surface area contributed by atoms with Crippen molar-refractivity contribution in [2.24, 2.45) is 5.10 Å². The summed E-state index contributed by atoms with van der Waals surface area (Å²) in [6, 6.07) is 12.8. The van der Waals surface area contributed by atoms with Crippen molar-refractivity contribution in [2.45, 2.75) is 6.92 Å². The van der Waals surface area contributed by atoms with Crippen LogP contribution in [0.3, 0.4) is 0 Å². The summed E-state index contributed by atoms with van der Waals surface area (Å²) in [5.74, 6) is 1.59. The Morgan fingerprint density at radius 1 is 1.06 bits per heavy atom. The monoisotopic (exact) mass is 451 g/mol. The molecule has 2 heterocycles. The molecule has 4 aromatic rings. The Hall–Kier alpha value is -3.85. The summed E-state index contributed by atoms with van der Waals surface area (Å²) in [6.07, 6.45) is 0. The highest BCUT2D eigenvalue weighted by Crippen LogP contribution is 2.38. The highest BCUT2D eigenvalue weighted by atomic mass is 32.1. The minimum absolute atomic E-state index is 0.401. The molecule has 0 aliphatic rings. The third-order valence-corrected chi connectivity index (χ3v) is 5.57. The molecule has 164 valence electrons. The minimum Gasteiger partial charge on any atom is -0.493 e. The molecule has 9 heteroatoms. The number of methoxy groups -OCH3 is 3. The summed E-state index contributed by atoms with van der Waals surface area (Å²) in [6.45, 7) is 1.85. The van der Waals surface area contributed by atoms with Crippen LogP contribution in [0.2, 0.25) is 0 Å². The molecule has 0 unspecified atom stereocenters. The first kappa shape index (κ1) is 21.4. The van der Waals surface area contributed by atoms with Crippen molar-refractivity contribution in [3.05, 3.63) is 63.8 Å². The van der Waals surface area contributed by atoms with E-state index in [9.17, 15) is 4.79 Å². The van der Waals surface area contributed by atoms with E-state index in [1.165, 1.54) is 11.3 Å². The van der Waals surface area contributed by atoms with Crippen molar-refractivity contribution in [3.63, 3.8) is 0 Å². The SMILES string of the molecule is COc1cc(/C(C)=N/Nc2nc(-c3cc4ccccc4oc3=O)cs2)cc(OC)c1OC. The number of nitrogens with one attached hydrogen (secondary N) is 1. The molecule has 0 amide bonds. The lowest BCUT2D eigenvalue weighted by atomic mass is 10.1. The zero-order chi connectivity index (χ0) is 22.7. The molecule has 1 N–H and O–H groups in total. The van der Waals surface area contributed by atoms with Crippen LogP contribution in [0.1, 0.15) is 12.5 Å². The van der Waals surface area contributed by atoms with Gasteiger partial charge in [-0.3, -0.25) is 5.43 Å². The van der Waals surface area contributed by atoms with Gasteiger partial charge in [-0.2, -0.15) is 5.10 Å². The van der Waals surface area contributed by atoms with Gasteiger partial charge in [-0.1, -0.05) is 18.2 Å². The van der Waals surface area contributed by atoms with E-state index >= 15 is 0 Å². The van der Waals surface area contributed by atoms with Gasteiger partial charge in [0.2, 0.25) is 10.9 Å². The number of thiazole rings is 1. The Balaban J connectivity index is 1.59. The largest absolute Gasteiger partial charge is 0.493 e. The zero-order valence-corrected chi connectivity index (χ0v) is 18.8. The van der Waals surface area contributed by atoms with Gasteiger partial charge in [0.1, 0.15) is 5.58 Å². The molecule has 8 nitrogen and oxygen atoms in total. The van der Waals surface area contributed by atoms with E-state index in [2.05, 4.69) is 15.5 Å². The highest BCUT2D eigenvalue weighted by Gasteiger charge is 2.15. The van der Waals surface area contributed by atoms with E-state index in [-0.39, 0.29) is 0 Å². The van der Waals surface area contributed by atoms with Crippen molar-refractivity contribution >= 4 is 33.1 Å². The molecule has 2 aromatic heterocycles. The predicted octanol–water partition coefficient (Wildman–Crippen LogP) is 4.78. The van der Waals surface area contributed by atoms with Crippen molar-refractivity contribution in [3.8, 4) is 28.5 Å². The topological polar surface area (TPSA) is 95.2 Å². The highest BCUT2D eigenvalue weighted by molar-refractivity contribution is 7.14. The van der Waals surface area contributed by atoms with Gasteiger partial charge in [-0.25, -0.2) is 9.78 Å². The number of hydrogen-bond acceptors (Lipinski definition) is 9. The van der Waals surface area contributed by atoms with Gasteiger partial charge in [-0.05, 0) is 31.2 Å². The number of fused-ring (bicyclic) bond motifs is 1. The molecular weight excluding hydrogens is 430 g/mol. The Kier molecular flexibility index (Phi) is 6.09. The summed E-state index contributed by atoms with van der Waals surface area (Å²) >= 11 is 1.34. The van der Waals surface area contributed by atoms with E-state index in [0.29, 0.717) is 44.9 Å². The maximum absolute atomic E-state index is 12.4. The van der Waals surface area contributed by atoms with Crippen molar-refractivity contribution < 1.29 is 18.6 Å². The molecule has 0 radical (unpaired) electrons. The minimum atomic E-state index is -0.433. The number of para-hydroxylation sites is 1. The van der Waals surface area contributed by atoms with E-state index in [0.717, 1.165) is 10.9 Å². The third-order valence-electron chi connectivity index (χ3n) is 4.82. The van der Waals surface area contributed by atoms with Crippen molar-refractivity contribution in [1.29, 1.82) is 0 Å². The molecule has 0 aliphatic heterocycles. The average molecular weight is 452 g/mol. The van der Waals surface area contributed by atoms with Gasteiger partial charge in [0.05, 0.1) is 38.3 Å². The number of rotatable bonds is 7. The molecule has 32 heavy (non-hydrogen) atoms. The van der Waals surface area contributed by atoms with E-state index < -0.39 is 5.63 Å². The lowest BCUT2D eigenvalue weighted by Crippen LogP contribution is -2.04. The van der Waals surface area contributed by atoms with Gasteiger partial charge >= 0.3 is 5.63 Å². The quantitative estimate of drug-likeness (QED) is 0.245. The van der Waals surface area contributed by atoms with Crippen LogP contribution in [0, 0.1) is 0 Å². The van der Waals surface area contributed by atoms with Crippen LogP contribution in [0.5, 0.6) is 17.2 Å². The lowest BCUT2D eigenvalue weighted by Gasteiger charge is -2.14. The van der Waals surface area contributed by atoms with Gasteiger partial charge < -0.3 is 18.6 Å². The molecule has 2 aromatic carbocycles. The second-order valence-corrected chi connectivity index (χ2v) is 7.60. The van der Waals surface area contributed by atoms with Crippen molar-refractivity contribution in [2.75, 3.05) is 26.8 Å². The first-order chi connectivity index (χ1) is 15.5. The Labute approximate surface area is 188 Å². The van der Waals surface area contributed by atoms with Crippen LogP contribution in [0.15, 0.2) is 62.2 Å². The summed E-state index contributed by atoms with van der Waals surface area (Å²) < 4.78 is 21.6. The van der Waals surface area contributed by atoms with E-state index in [1.54, 1.807) is 38.8 Å². The molecular formula is C23H21N3O5S. The van der Waals surface area contributed by atoms with Gasteiger partial charge in [-0.15, -0.1) is 11.3 Å². The second kappa shape index (κ2) is 9.11. The molecule has 0 fully saturated rings. The maximum atomic E-state index is 12.4. The average Bonchev–Trinajstić information content (AvgIpc) is 3.29. The van der Waals surface area contributed by atoms with Crippen LogP contribution in [0.4, 0.5) is 5.13 Å². The van der Waals surface area contributed by atoms with E-state index in [1.807, 2.05) is 37.3 Å². The summed E-state index contributed by atoms with van der Waals surface area (Å²) in [4.78, 5) is 16.9. The molecule has 0 aliphatic carbocycles. The number of aromatic nitrogens is 1. The van der Waals surface area contributed by atoms with Crippen LogP contribution >= 0.6 is 11.3 Å². The fourth-order valence-corrected chi connectivity index (χ4v) is 3.83. The Morgan fingerprint density at radius 3 is 2.47 bits per heavy atom. The van der Waals surface area contributed by atoms with Crippen LogP contribution in [-0.2, 0) is 0 Å². The number of hydrogen-bond donors (Lipinski definition) is 1. The maximum Gasteiger partial charge on any atom is 0.345 e. The first-order valence-corrected chi connectivity index (χ1v) is 10.5. The lowest BCUT2D eigenvalue weighted by molar-refractivity contribution is 0.324. The Morgan fingerprint density at radius 2 is 1.78 bits per heavy atom. The van der Waals surface area contributed by atoms with Crippen LogP contribution < -0.4 is 25.3 Å². The number of ether oxygens (including phenoxy) is 3. The summed E-state index contributed by atoms with van der Waals surface area (Å²) in [7, 11) is 4.68. The van der Waals surface area contributed by atoms with Crippen molar-refractivity contribution in [1.82, 2.24) is 4.98 Å². The second-order valence-electron chi connectivity index (χ2n) is 6.75. The van der Waals surface area contributed by atoms with Gasteiger partial charge in [0.25, 0.3) is 0 Å². The smallest absolute Gasteiger partial charge is 0.345 e. The molecule has 0 bridgehead atoms. The van der Waals surface area contributed by atoms with Crippen LogP contribution in [0.25, 0.3) is 22.2 Å². The standard InChI is InChI=1S/C23H21N3O5S/c1-13(15-10-19(28-2)21(30-4)20(11-15)29-3)25-26-23-24-17(12-32-23)16-9-14-7-5-6-8-18(14)31-22(16)27/h5-12H,1-4H3,(H,24,26)/b25-13+. The molecule has 4 rings (SSSR count). The number of nitrogens with zero attached hydrogens (tertiary/aromatic N) is 2. The zero-order valence-electron chi connectivity index (χ0n) is 18.0. The summed E-state index contributed by atoms with van der Waals surface area (Å²) in [5.41, 5.74) is 5.46. The normalized spacial score (nSPS) is 11.4. The number of benzene rings is 2.